The van der Waals surface area contributed by atoms with E-state index in [1.807, 2.05) is 24.4 Å². The second-order valence-corrected chi connectivity index (χ2v) is 8.01. The summed E-state index contributed by atoms with van der Waals surface area (Å²) in [6, 6.07) is 10.1. The van der Waals surface area contributed by atoms with Crippen LogP contribution in [-0.4, -0.2) is 87.1 Å². The highest BCUT2D eigenvalue weighted by molar-refractivity contribution is 6.04. The standard InChI is InChI=1S/C22H30N6O/c1-25-7-11-27(12-8-25)20-5-3-19(4-6-20)24-22(29)18-15-21(17-23-16-18)28-13-9-26(2)10-14-28/h3-6,15-17H,7-14H2,1-2H3,(H,24,29). The lowest BCUT2D eigenvalue weighted by molar-refractivity contribution is 0.102. The molecule has 0 bridgehead atoms. The largest absolute Gasteiger partial charge is 0.369 e. The second-order valence-electron chi connectivity index (χ2n) is 8.01. The highest BCUT2D eigenvalue weighted by Gasteiger charge is 2.17. The number of amides is 1. The Labute approximate surface area is 172 Å². The van der Waals surface area contributed by atoms with Gasteiger partial charge < -0.3 is 24.9 Å². The summed E-state index contributed by atoms with van der Waals surface area (Å²) in [5.41, 5.74) is 3.61. The van der Waals surface area contributed by atoms with Gasteiger partial charge in [-0.05, 0) is 44.4 Å². The normalized spacial score (nSPS) is 18.7. The topological polar surface area (TPSA) is 55.0 Å². The smallest absolute Gasteiger partial charge is 0.257 e. The predicted molar refractivity (Wildman–Crippen MR) is 118 cm³/mol. The van der Waals surface area contributed by atoms with E-state index in [9.17, 15) is 4.79 Å². The molecule has 1 amide bonds. The van der Waals surface area contributed by atoms with Gasteiger partial charge >= 0.3 is 0 Å². The fourth-order valence-corrected chi connectivity index (χ4v) is 3.81. The third-order valence-corrected chi connectivity index (χ3v) is 5.85. The average Bonchev–Trinajstić information content (AvgIpc) is 2.75. The number of nitrogens with zero attached hydrogens (tertiary/aromatic N) is 5. The van der Waals surface area contributed by atoms with Crippen LogP contribution >= 0.6 is 0 Å². The van der Waals surface area contributed by atoms with Crippen molar-refractivity contribution in [2.45, 2.75) is 0 Å². The van der Waals surface area contributed by atoms with Crippen LogP contribution in [0.3, 0.4) is 0 Å². The Bertz CT molecular complexity index is 823. The SMILES string of the molecule is CN1CCN(c2ccc(NC(=O)c3cncc(N4CCN(C)CC4)c3)cc2)CC1. The zero-order valence-electron chi connectivity index (χ0n) is 17.3. The molecule has 2 aliphatic rings. The number of hydrogen-bond acceptors (Lipinski definition) is 6. The van der Waals surface area contributed by atoms with Crippen molar-refractivity contribution in [3.63, 3.8) is 0 Å². The molecule has 1 aromatic carbocycles. The number of nitrogens with one attached hydrogen (secondary N) is 1. The Hall–Kier alpha value is -2.64. The molecule has 0 spiro atoms. The number of aromatic nitrogens is 1. The van der Waals surface area contributed by atoms with E-state index in [-0.39, 0.29) is 5.91 Å². The van der Waals surface area contributed by atoms with Crippen LogP contribution in [0, 0.1) is 0 Å². The van der Waals surface area contributed by atoms with Crippen LogP contribution in [-0.2, 0) is 0 Å². The zero-order chi connectivity index (χ0) is 20.2. The summed E-state index contributed by atoms with van der Waals surface area (Å²) in [6.07, 6.45) is 3.47. The van der Waals surface area contributed by atoms with Gasteiger partial charge in [-0.25, -0.2) is 0 Å². The molecule has 0 unspecified atom stereocenters. The lowest BCUT2D eigenvalue weighted by Crippen LogP contribution is -2.44. The molecule has 7 heteroatoms. The Balaban J connectivity index is 1.38. The number of anilines is 3. The van der Waals surface area contributed by atoms with E-state index in [1.165, 1.54) is 5.69 Å². The number of carbonyl (C=O) groups is 1. The molecular formula is C22H30N6O. The van der Waals surface area contributed by atoms with Crippen molar-refractivity contribution in [2.75, 3.05) is 81.6 Å². The molecule has 154 valence electrons. The molecule has 2 aliphatic heterocycles. The summed E-state index contributed by atoms with van der Waals surface area (Å²) in [5, 5.41) is 3.00. The van der Waals surface area contributed by atoms with Crippen LogP contribution in [0.4, 0.5) is 17.1 Å². The molecule has 4 rings (SSSR count). The van der Waals surface area contributed by atoms with Crippen molar-refractivity contribution in [3.05, 3.63) is 48.3 Å². The molecule has 29 heavy (non-hydrogen) atoms. The Morgan fingerprint density at radius 1 is 0.793 bits per heavy atom. The lowest BCUT2D eigenvalue weighted by atomic mass is 10.2. The molecule has 2 saturated heterocycles. The zero-order valence-corrected chi connectivity index (χ0v) is 17.3. The molecule has 0 atom stereocenters. The second kappa shape index (κ2) is 8.80. The van der Waals surface area contributed by atoms with Gasteiger partial charge in [-0.15, -0.1) is 0 Å². The van der Waals surface area contributed by atoms with Crippen molar-refractivity contribution in [3.8, 4) is 0 Å². The first-order chi connectivity index (χ1) is 14.1. The quantitative estimate of drug-likeness (QED) is 0.854. The van der Waals surface area contributed by atoms with Crippen molar-refractivity contribution in [1.29, 1.82) is 0 Å². The van der Waals surface area contributed by atoms with Crippen LogP contribution in [0.1, 0.15) is 10.4 Å². The molecular weight excluding hydrogens is 364 g/mol. The number of hydrogen-bond donors (Lipinski definition) is 1. The Morgan fingerprint density at radius 3 is 1.93 bits per heavy atom. The van der Waals surface area contributed by atoms with Gasteiger partial charge in [0.05, 0.1) is 17.4 Å². The molecule has 3 heterocycles. The van der Waals surface area contributed by atoms with Crippen molar-refractivity contribution < 1.29 is 4.79 Å². The number of benzene rings is 1. The van der Waals surface area contributed by atoms with Crippen LogP contribution in [0.15, 0.2) is 42.7 Å². The molecule has 0 aliphatic carbocycles. The summed E-state index contributed by atoms with van der Waals surface area (Å²) < 4.78 is 0. The first-order valence-corrected chi connectivity index (χ1v) is 10.3. The molecule has 2 fully saturated rings. The minimum Gasteiger partial charge on any atom is -0.369 e. The van der Waals surface area contributed by atoms with Crippen LogP contribution < -0.4 is 15.1 Å². The molecule has 2 aromatic rings. The van der Waals surface area contributed by atoms with Gasteiger partial charge in [0.15, 0.2) is 0 Å². The van der Waals surface area contributed by atoms with Crippen molar-refractivity contribution >= 4 is 23.0 Å². The maximum absolute atomic E-state index is 12.7. The molecule has 0 saturated carbocycles. The first-order valence-electron chi connectivity index (χ1n) is 10.3. The minimum atomic E-state index is -0.124. The van der Waals surface area contributed by atoms with Gasteiger partial charge in [0.25, 0.3) is 5.91 Å². The van der Waals surface area contributed by atoms with Crippen LogP contribution in [0.5, 0.6) is 0 Å². The number of pyridine rings is 1. The van der Waals surface area contributed by atoms with E-state index in [4.69, 9.17) is 0 Å². The number of rotatable bonds is 4. The third kappa shape index (κ3) is 4.86. The van der Waals surface area contributed by atoms with Gasteiger partial charge in [0.2, 0.25) is 0 Å². The summed E-state index contributed by atoms with van der Waals surface area (Å²) in [6.45, 7) is 8.18. The van der Waals surface area contributed by atoms with E-state index >= 15 is 0 Å². The van der Waals surface area contributed by atoms with Crippen LogP contribution in [0.25, 0.3) is 0 Å². The van der Waals surface area contributed by atoms with Gasteiger partial charge in [-0.3, -0.25) is 9.78 Å². The highest BCUT2D eigenvalue weighted by atomic mass is 16.1. The maximum Gasteiger partial charge on any atom is 0.257 e. The number of likely N-dealkylation sites (N-methyl/N-ethyl adjacent to an activating group) is 2. The molecule has 0 radical (unpaired) electrons. The van der Waals surface area contributed by atoms with Gasteiger partial charge in [0.1, 0.15) is 0 Å². The maximum atomic E-state index is 12.7. The third-order valence-electron chi connectivity index (χ3n) is 5.85. The molecule has 1 N–H and O–H groups in total. The van der Waals surface area contributed by atoms with Crippen molar-refractivity contribution in [2.24, 2.45) is 0 Å². The monoisotopic (exact) mass is 394 g/mol. The van der Waals surface area contributed by atoms with E-state index in [0.29, 0.717) is 5.56 Å². The molecule has 1 aromatic heterocycles. The summed E-state index contributed by atoms with van der Waals surface area (Å²) in [5.74, 6) is -0.124. The molecule has 7 nitrogen and oxygen atoms in total. The lowest BCUT2D eigenvalue weighted by Gasteiger charge is -2.34. The fraction of sp³-hybridized carbons (Fsp3) is 0.455. The van der Waals surface area contributed by atoms with Gasteiger partial charge in [0, 0.05) is 69.9 Å². The Kier molecular flexibility index (Phi) is 5.97. The van der Waals surface area contributed by atoms with E-state index in [2.05, 4.69) is 56.1 Å². The summed E-state index contributed by atoms with van der Waals surface area (Å²) >= 11 is 0. The van der Waals surface area contributed by atoms with E-state index in [1.54, 1.807) is 6.20 Å². The number of piperazine rings is 2. The first kappa shape index (κ1) is 19.7. The fourth-order valence-electron chi connectivity index (χ4n) is 3.81. The number of carbonyl (C=O) groups excluding carboxylic acids is 1. The predicted octanol–water partition coefficient (Wildman–Crippen LogP) is 1.84. The van der Waals surface area contributed by atoms with Gasteiger partial charge in [-0.1, -0.05) is 0 Å². The van der Waals surface area contributed by atoms with Crippen LogP contribution in [0.2, 0.25) is 0 Å². The Morgan fingerprint density at radius 2 is 1.34 bits per heavy atom. The van der Waals surface area contributed by atoms with E-state index in [0.717, 1.165) is 63.7 Å². The summed E-state index contributed by atoms with van der Waals surface area (Å²) in [7, 11) is 4.29. The minimum absolute atomic E-state index is 0.124. The average molecular weight is 395 g/mol. The van der Waals surface area contributed by atoms with Crippen molar-refractivity contribution in [1.82, 2.24) is 14.8 Å². The summed E-state index contributed by atoms with van der Waals surface area (Å²) in [4.78, 5) is 26.4. The highest BCUT2D eigenvalue weighted by Crippen LogP contribution is 2.21. The van der Waals surface area contributed by atoms with E-state index < -0.39 is 0 Å². The van der Waals surface area contributed by atoms with Gasteiger partial charge in [-0.2, -0.15) is 0 Å².